The van der Waals surface area contributed by atoms with E-state index in [-0.39, 0.29) is 5.60 Å². The summed E-state index contributed by atoms with van der Waals surface area (Å²) in [5.74, 6) is 6.58. The average Bonchev–Trinajstić information content (AvgIpc) is 2.42. The van der Waals surface area contributed by atoms with Gasteiger partial charge in [-0.3, -0.25) is 11.3 Å². The van der Waals surface area contributed by atoms with E-state index in [2.05, 4.69) is 19.3 Å². The Morgan fingerprint density at radius 2 is 2.05 bits per heavy atom. The molecule has 0 aromatic carbocycles. The van der Waals surface area contributed by atoms with Crippen LogP contribution in [0.25, 0.3) is 0 Å². The van der Waals surface area contributed by atoms with Crippen molar-refractivity contribution >= 4 is 0 Å². The molecule has 0 aliphatic heterocycles. The van der Waals surface area contributed by atoms with Gasteiger partial charge in [0.05, 0.1) is 11.6 Å². The maximum Gasteiger partial charge on any atom is 0.0846 e. The fourth-order valence-electron chi connectivity index (χ4n) is 3.64. The Bertz CT molecular complexity index is 235. The number of ether oxygens (including phenoxy) is 1. The molecule has 0 heterocycles. The van der Waals surface area contributed by atoms with Crippen LogP contribution in [-0.2, 0) is 4.74 Å². The number of rotatable bonds is 9. The van der Waals surface area contributed by atoms with Gasteiger partial charge < -0.3 is 4.74 Å². The van der Waals surface area contributed by atoms with Crippen LogP contribution in [-0.4, -0.2) is 18.8 Å². The molecule has 3 heteroatoms. The maximum atomic E-state index is 5.94. The third kappa shape index (κ3) is 5.05. The van der Waals surface area contributed by atoms with Crippen LogP contribution < -0.4 is 11.3 Å². The van der Waals surface area contributed by atoms with Crippen molar-refractivity contribution in [3.63, 3.8) is 0 Å². The SMILES string of the molecule is CCCCCCCC(NN)C1(OC)CCCC(C)C1. The summed E-state index contributed by atoms with van der Waals surface area (Å²) in [6, 6.07) is 0.307. The summed E-state index contributed by atoms with van der Waals surface area (Å²) in [6.45, 7) is 4.59. The largest absolute Gasteiger partial charge is 0.377 e. The van der Waals surface area contributed by atoms with Crippen LogP contribution in [0.2, 0.25) is 0 Å². The van der Waals surface area contributed by atoms with E-state index in [0.717, 1.165) is 25.2 Å². The number of hydrogen-bond donors (Lipinski definition) is 2. The van der Waals surface area contributed by atoms with Crippen molar-refractivity contribution < 1.29 is 4.74 Å². The van der Waals surface area contributed by atoms with E-state index in [1.165, 1.54) is 44.9 Å². The molecule has 3 unspecified atom stereocenters. The van der Waals surface area contributed by atoms with Crippen LogP contribution in [0.4, 0.5) is 0 Å². The molecule has 1 fully saturated rings. The van der Waals surface area contributed by atoms with Gasteiger partial charge >= 0.3 is 0 Å². The third-order valence-electron chi connectivity index (χ3n) is 4.83. The quantitative estimate of drug-likeness (QED) is 0.381. The van der Waals surface area contributed by atoms with Crippen LogP contribution in [0, 0.1) is 5.92 Å². The van der Waals surface area contributed by atoms with Crippen LogP contribution in [0.1, 0.15) is 78.1 Å². The summed E-state index contributed by atoms with van der Waals surface area (Å²) in [7, 11) is 1.86. The van der Waals surface area contributed by atoms with Gasteiger partial charge in [-0.15, -0.1) is 0 Å². The minimum atomic E-state index is -0.0306. The first kappa shape index (κ1) is 16.9. The van der Waals surface area contributed by atoms with Crippen LogP contribution in [0.15, 0.2) is 0 Å². The third-order valence-corrected chi connectivity index (χ3v) is 4.83. The number of methoxy groups -OCH3 is 1. The zero-order valence-corrected chi connectivity index (χ0v) is 13.2. The molecule has 1 aliphatic carbocycles. The molecule has 3 N–H and O–H groups in total. The minimum absolute atomic E-state index is 0.0306. The molecular weight excluding hydrogens is 236 g/mol. The minimum Gasteiger partial charge on any atom is -0.377 e. The number of nitrogens with one attached hydrogen (secondary N) is 1. The van der Waals surface area contributed by atoms with Gasteiger partial charge in [0.15, 0.2) is 0 Å². The van der Waals surface area contributed by atoms with Crippen molar-refractivity contribution in [1.29, 1.82) is 0 Å². The van der Waals surface area contributed by atoms with E-state index >= 15 is 0 Å². The first-order chi connectivity index (χ1) is 9.18. The Balaban J connectivity index is 2.45. The zero-order chi connectivity index (χ0) is 14.1. The molecule has 114 valence electrons. The fourth-order valence-corrected chi connectivity index (χ4v) is 3.64. The standard InChI is InChI=1S/C16H34N2O/c1-4-5-6-7-8-11-15(18-17)16(19-3)12-9-10-14(2)13-16/h14-15,18H,4-13,17H2,1-3H3. The van der Waals surface area contributed by atoms with E-state index in [1.807, 2.05) is 7.11 Å². The van der Waals surface area contributed by atoms with E-state index < -0.39 is 0 Å². The van der Waals surface area contributed by atoms with Crippen molar-refractivity contribution in [2.45, 2.75) is 89.7 Å². The Hall–Kier alpha value is -0.120. The highest BCUT2D eigenvalue weighted by Gasteiger charge is 2.41. The number of hydrazine groups is 1. The second-order valence-electron chi connectivity index (χ2n) is 6.39. The monoisotopic (exact) mass is 270 g/mol. The van der Waals surface area contributed by atoms with Gasteiger partial charge in [0.2, 0.25) is 0 Å². The molecule has 0 aromatic heterocycles. The number of nitrogens with two attached hydrogens (primary N) is 1. The molecule has 0 bridgehead atoms. The Morgan fingerprint density at radius 1 is 1.32 bits per heavy atom. The highest BCUT2D eigenvalue weighted by atomic mass is 16.5. The van der Waals surface area contributed by atoms with E-state index in [0.29, 0.717) is 6.04 Å². The molecule has 0 spiro atoms. The Kier molecular flexibility index (Phi) is 7.96. The summed E-state index contributed by atoms with van der Waals surface area (Å²) in [5, 5.41) is 0. The van der Waals surface area contributed by atoms with Crippen molar-refractivity contribution in [3.8, 4) is 0 Å². The Labute approximate surface area is 119 Å². The molecule has 0 radical (unpaired) electrons. The molecular formula is C16H34N2O. The normalized spacial score (nSPS) is 29.4. The lowest BCUT2D eigenvalue weighted by molar-refractivity contribution is -0.0814. The van der Waals surface area contributed by atoms with Crippen LogP contribution >= 0.6 is 0 Å². The fraction of sp³-hybridized carbons (Fsp3) is 1.00. The lowest BCUT2D eigenvalue weighted by Crippen LogP contribution is -2.56. The van der Waals surface area contributed by atoms with Gasteiger partial charge in [-0.05, 0) is 25.2 Å². The molecule has 1 saturated carbocycles. The van der Waals surface area contributed by atoms with Crippen molar-refractivity contribution in [2.75, 3.05) is 7.11 Å². The summed E-state index contributed by atoms with van der Waals surface area (Å²) in [4.78, 5) is 0. The van der Waals surface area contributed by atoms with Gasteiger partial charge in [0, 0.05) is 7.11 Å². The number of unbranched alkanes of at least 4 members (excludes halogenated alkanes) is 4. The van der Waals surface area contributed by atoms with Gasteiger partial charge in [0.25, 0.3) is 0 Å². The highest BCUT2D eigenvalue weighted by molar-refractivity contribution is 4.96. The lowest BCUT2D eigenvalue weighted by atomic mass is 9.73. The summed E-state index contributed by atoms with van der Waals surface area (Å²) < 4.78 is 5.94. The lowest BCUT2D eigenvalue weighted by Gasteiger charge is -2.44. The molecule has 3 atom stereocenters. The van der Waals surface area contributed by atoms with Crippen molar-refractivity contribution in [1.82, 2.24) is 5.43 Å². The predicted octanol–water partition coefficient (Wildman–Crippen LogP) is 3.77. The zero-order valence-electron chi connectivity index (χ0n) is 13.2. The van der Waals surface area contributed by atoms with Gasteiger partial charge in [-0.25, -0.2) is 0 Å². The molecule has 1 rings (SSSR count). The van der Waals surface area contributed by atoms with Gasteiger partial charge in [-0.2, -0.15) is 0 Å². The second kappa shape index (κ2) is 8.93. The molecule has 1 aliphatic rings. The molecule has 0 aromatic rings. The maximum absolute atomic E-state index is 5.94. The van der Waals surface area contributed by atoms with Gasteiger partial charge in [0.1, 0.15) is 0 Å². The summed E-state index contributed by atoms with van der Waals surface area (Å²) in [6.07, 6.45) is 12.6. The van der Waals surface area contributed by atoms with Crippen LogP contribution in [0.3, 0.4) is 0 Å². The van der Waals surface area contributed by atoms with E-state index in [9.17, 15) is 0 Å². The first-order valence-electron chi connectivity index (χ1n) is 8.19. The smallest absolute Gasteiger partial charge is 0.0846 e. The van der Waals surface area contributed by atoms with Crippen molar-refractivity contribution in [3.05, 3.63) is 0 Å². The van der Waals surface area contributed by atoms with E-state index in [1.54, 1.807) is 0 Å². The highest BCUT2D eigenvalue weighted by Crippen LogP contribution is 2.38. The molecule has 0 amide bonds. The topological polar surface area (TPSA) is 47.3 Å². The first-order valence-corrected chi connectivity index (χ1v) is 8.19. The van der Waals surface area contributed by atoms with E-state index in [4.69, 9.17) is 10.6 Å². The van der Waals surface area contributed by atoms with Gasteiger partial charge in [-0.1, -0.05) is 58.8 Å². The van der Waals surface area contributed by atoms with Crippen molar-refractivity contribution in [2.24, 2.45) is 11.8 Å². The summed E-state index contributed by atoms with van der Waals surface area (Å²) >= 11 is 0. The molecule has 19 heavy (non-hydrogen) atoms. The average molecular weight is 270 g/mol. The Morgan fingerprint density at radius 3 is 2.63 bits per heavy atom. The number of hydrogen-bond acceptors (Lipinski definition) is 3. The predicted molar refractivity (Wildman–Crippen MR) is 81.9 cm³/mol. The molecule has 0 saturated heterocycles. The van der Waals surface area contributed by atoms with Crippen LogP contribution in [0.5, 0.6) is 0 Å². The summed E-state index contributed by atoms with van der Waals surface area (Å²) in [5.41, 5.74) is 3.02. The molecule has 3 nitrogen and oxygen atoms in total. The second-order valence-corrected chi connectivity index (χ2v) is 6.39.